The van der Waals surface area contributed by atoms with E-state index in [9.17, 15) is 28.8 Å². The number of amides is 4. The fourth-order valence-corrected chi connectivity index (χ4v) is 2.64. The summed E-state index contributed by atoms with van der Waals surface area (Å²) in [6.45, 7) is 0.774. The average Bonchev–Trinajstić information content (AvgIpc) is 2.70. The molecule has 0 aliphatic carbocycles. The lowest BCUT2D eigenvalue weighted by Gasteiger charge is -2.20. The highest BCUT2D eigenvalue weighted by atomic mass is 32.1. The lowest BCUT2D eigenvalue weighted by Crippen LogP contribution is -2.55. The lowest BCUT2D eigenvalue weighted by atomic mass is 10.1. The van der Waals surface area contributed by atoms with E-state index in [4.69, 9.17) is 21.7 Å². The van der Waals surface area contributed by atoms with Gasteiger partial charge in [-0.25, -0.2) is 4.79 Å². The molecule has 0 fully saturated rings. The molecule has 0 saturated carbocycles. The summed E-state index contributed by atoms with van der Waals surface area (Å²) >= 11 is 3.78. The lowest BCUT2D eigenvalue weighted by molar-refractivity contribution is -0.143. The number of aliphatic carboxylic acids is 2. The molecule has 0 saturated heterocycles. The maximum Gasteiger partial charge on any atom is 0.327 e. The first kappa shape index (κ1) is 29.4. The number of carboxylic acid groups (broad SMARTS) is 2. The van der Waals surface area contributed by atoms with Gasteiger partial charge in [-0.1, -0.05) is 0 Å². The summed E-state index contributed by atoms with van der Waals surface area (Å²) in [4.78, 5) is 73.8. The maximum absolute atomic E-state index is 12.3. The molecular weight excluding hydrogens is 462 g/mol. The number of nitrogens with zero attached hydrogens (tertiary/aromatic N) is 1. The van der Waals surface area contributed by atoms with Crippen LogP contribution < -0.4 is 32.7 Å². The van der Waals surface area contributed by atoms with Crippen LogP contribution in [0.5, 0.6) is 0 Å². The molecule has 0 aliphatic heterocycles. The van der Waals surface area contributed by atoms with Gasteiger partial charge in [0.05, 0.1) is 13.0 Å². The van der Waals surface area contributed by atoms with E-state index in [0.29, 0.717) is 6.42 Å². The Morgan fingerprint density at radius 1 is 0.939 bits per heavy atom. The van der Waals surface area contributed by atoms with Gasteiger partial charge in [-0.2, -0.15) is 12.6 Å². The third-order valence-corrected chi connectivity index (χ3v) is 4.26. The first-order valence-corrected chi connectivity index (χ1v) is 10.3. The van der Waals surface area contributed by atoms with Crippen LogP contribution in [-0.4, -0.2) is 88.7 Å². The number of nitrogens with one attached hydrogen (secondary N) is 4. The number of hydrogen-bond acceptors (Lipinski definition) is 8. The molecule has 0 radical (unpaired) electrons. The average molecular weight is 492 g/mol. The van der Waals surface area contributed by atoms with Crippen LogP contribution in [-0.2, 0) is 28.8 Å². The van der Waals surface area contributed by atoms with Crippen molar-refractivity contribution in [2.45, 2.75) is 44.3 Å². The molecular formula is C17H29N7O8S. The number of nitrogens with two attached hydrogens (primary N) is 2. The van der Waals surface area contributed by atoms with E-state index < -0.39 is 66.7 Å². The van der Waals surface area contributed by atoms with E-state index in [1.54, 1.807) is 0 Å². The Hall–Kier alpha value is -3.56. The van der Waals surface area contributed by atoms with Crippen molar-refractivity contribution in [3.05, 3.63) is 0 Å². The molecule has 15 nitrogen and oxygen atoms in total. The van der Waals surface area contributed by atoms with Crippen LogP contribution >= 0.6 is 12.6 Å². The number of carbonyl (C=O) groups excluding carboxylic acids is 4. The van der Waals surface area contributed by atoms with E-state index in [2.05, 4.69) is 38.9 Å². The summed E-state index contributed by atoms with van der Waals surface area (Å²) in [6, 6.07) is -3.99. The number of thiol groups is 1. The third-order valence-electron chi connectivity index (χ3n) is 3.89. The van der Waals surface area contributed by atoms with E-state index in [1.807, 2.05) is 0 Å². The van der Waals surface area contributed by atoms with Gasteiger partial charge in [-0.05, 0) is 12.8 Å². The zero-order valence-electron chi connectivity index (χ0n) is 17.9. The van der Waals surface area contributed by atoms with Crippen molar-refractivity contribution in [1.82, 2.24) is 21.3 Å². The largest absolute Gasteiger partial charge is 0.481 e. The minimum atomic E-state index is -1.60. The molecule has 0 spiro atoms. The summed E-state index contributed by atoms with van der Waals surface area (Å²) in [7, 11) is 0. The number of hydrogen-bond donors (Lipinski definition) is 9. The zero-order valence-corrected chi connectivity index (χ0v) is 18.8. The van der Waals surface area contributed by atoms with Crippen molar-refractivity contribution in [2.24, 2.45) is 16.5 Å². The normalized spacial score (nSPS) is 12.9. The highest BCUT2D eigenvalue weighted by molar-refractivity contribution is 7.80. The van der Waals surface area contributed by atoms with Gasteiger partial charge in [0.2, 0.25) is 23.6 Å². The van der Waals surface area contributed by atoms with Crippen molar-refractivity contribution in [2.75, 3.05) is 18.8 Å². The zero-order chi connectivity index (χ0) is 25.6. The van der Waals surface area contributed by atoms with Gasteiger partial charge < -0.3 is 42.9 Å². The van der Waals surface area contributed by atoms with Gasteiger partial charge in [0.1, 0.15) is 18.1 Å². The van der Waals surface area contributed by atoms with Crippen molar-refractivity contribution >= 4 is 54.2 Å². The second kappa shape index (κ2) is 15.3. The fourth-order valence-electron chi connectivity index (χ4n) is 2.40. The molecule has 0 aromatic heterocycles. The molecule has 0 unspecified atom stereocenters. The summed E-state index contributed by atoms with van der Waals surface area (Å²) < 4.78 is 0. The summed E-state index contributed by atoms with van der Waals surface area (Å²) in [5.74, 6) is -6.37. The second-order valence-corrected chi connectivity index (χ2v) is 7.08. The summed E-state index contributed by atoms with van der Waals surface area (Å²) in [5, 5.41) is 26.8. The number of guanidine groups is 1. The Morgan fingerprint density at radius 3 is 2.06 bits per heavy atom. The smallest absolute Gasteiger partial charge is 0.327 e. The Balaban J connectivity index is 4.97. The van der Waals surface area contributed by atoms with E-state index in [1.165, 1.54) is 6.92 Å². The molecule has 0 bridgehead atoms. The van der Waals surface area contributed by atoms with Crippen LogP contribution in [0.2, 0.25) is 0 Å². The molecule has 16 heteroatoms. The van der Waals surface area contributed by atoms with Crippen LogP contribution in [0.3, 0.4) is 0 Å². The molecule has 33 heavy (non-hydrogen) atoms. The monoisotopic (exact) mass is 491 g/mol. The predicted octanol–water partition coefficient (Wildman–Crippen LogP) is -3.88. The molecule has 0 rings (SSSR count). The van der Waals surface area contributed by atoms with Crippen molar-refractivity contribution in [3.8, 4) is 0 Å². The Bertz CT molecular complexity index is 772. The molecule has 186 valence electrons. The minimum absolute atomic E-state index is 0.129. The second-order valence-electron chi connectivity index (χ2n) is 6.72. The number of aliphatic imine (C=N–C) groups is 1. The number of rotatable bonds is 15. The molecule has 0 heterocycles. The van der Waals surface area contributed by atoms with E-state index >= 15 is 0 Å². The summed E-state index contributed by atoms with van der Waals surface area (Å²) in [6.07, 6.45) is -0.322. The Kier molecular flexibility index (Phi) is 13.6. The van der Waals surface area contributed by atoms with Gasteiger partial charge in [0, 0.05) is 19.2 Å². The highest BCUT2D eigenvalue weighted by Crippen LogP contribution is 2.00. The summed E-state index contributed by atoms with van der Waals surface area (Å²) in [5.41, 5.74) is 10.4. The van der Waals surface area contributed by atoms with Crippen LogP contribution in [0.25, 0.3) is 0 Å². The molecule has 4 amide bonds. The quantitative estimate of drug-likeness (QED) is 0.0466. The Morgan fingerprint density at radius 2 is 1.58 bits per heavy atom. The van der Waals surface area contributed by atoms with Gasteiger partial charge in [-0.15, -0.1) is 0 Å². The van der Waals surface area contributed by atoms with Crippen LogP contribution in [0, 0.1) is 0 Å². The highest BCUT2D eigenvalue weighted by Gasteiger charge is 2.28. The van der Waals surface area contributed by atoms with Crippen molar-refractivity contribution in [1.29, 1.82) is 0 Å². The predicted molar refractivity (Wildman–Crippen MR) is 118 cm³/mol. The number of carbonyl (C=O) groups is 6. The van der Waals surface area contributed by atoms with Crippen molar-refractivity contribution < 1.29 is 39.0 Å². The molecule has 10 N–H and O–H groups in total. The van der Waals surface area contributed by atoms with Crippen LogP contribution in [0.15, 0.2) is 4.99 Å². The van der Waals surface area contributed by atoms with Crippen LogP contribution in [0.1, 0.15) is 26.2 Å². The fraction of sp³-hybridized carbons (Fsp3) is 0.588. The van der Waals surface area contributed by atoms with Gasteiger partial charge in [0.15, 0.2) is 5.96 Å². The van der Waals surface area contributed by atoms with Crippen LogP contribution in [0.4, 0.5) is 0 Å². The molecule has 3 atom stereocenters. The minimum Gasteiger partial charge on any atom is -0.481 e. The van der Waals surface area contributed by atoms with Crippen molar-refractivity contribution in [3.63, 3.8) is 0 Å². The van der Waals surface area contributed by atoms with Gasteiger partial charge >= 0.3 is 11.9 Å². The van der Waals surface area contributed by atoms with Gasteiger partial charge in [0.25, 0.3) is 0 Å². The third kappa shape index (κ3) is 13.5. The standard InChI is InChI=1S/C17H29N7O8S/c1-8(25)22-9(3-2-4-20-17(18)19)14(29)21-6-12(26)23-10(5-13(27)28)15(30)24-11(7-33)16(31)32/h9-11,33H,2-7H2,1H3,(H,21,29)(H,22,25)(H,23,26)(H,24,30)(H,27,28)(H,31,32)(H4,18,19,20)/t9-,10-,11+/m0/s1. The SMILES string of the molecule is CC(=O)N[C@@H](CCCN=C(N)N)C(=O)NCC(=O)N[C@@H](CC(=O)O)C(=O)N[C@H](CS)C(=O)O. The van der Waals surface area contributed by atoms with E-state index in [-0.39, 0.29) is 24.7 Å². The molecule has 0 aromatic rings. The number of carboxylic acids is 2. The first-order valence-electron chi connectivity index (χ1n) is 9.62. The Labute approximate surface area is 194 Å². The van der Waals surface area contributed by atoms with Gasteiger partial charge in [-0.3, -0.25) is 29.0 Å². The first-order chi connectivity index (χ1) is 15.4. The molecule has 0 aromatic carbocycles. The topological polar surface area (TPSA) is 255 Å². The van der Waals surface area contributed by atoms with E-state index in [0.717, 1.165) is 0 Å². The molecule has 0 aliphatic rings. The maximum atomic E-state index is 12.3.